The minimum atomic E-state index is -0.861. The molecule has 6 heteroatoms. The molecule has 3 aliphatic carbocycles. The Bertz CT molecular complexity index is 1270. The normalized spacial score (nSPS) is 24.2. The highest BCUT2D eigenvalue weighted by atomic mass is 35.5. The first-order valence-electron chi connectivity index (χ1n) is 12.6. The minimum Gasteiger partial charge on any atom is -0.324 e. The van der Waals surface area contributed by atoms with Gasteiger partial charge in [0.15, 0.2) is 0 Å². The van der Waals surface area contributed by atoms with Crippen molar-refractivity contribution in [3.63, 3.8) is 0 Å². The molecule has 4 aliphatic rings. The maximum atomic E-state index is 14.1. The van der Waals surface area contributed by atoms with E-state index in [1.165, 1.54) is 4.90 Å². The lowest BCUT2D eigenvalue weighted by Gasteiger charge is -2.45. The van der Waals surface area contributed by atoms with E-state index in [9.17, 15) is 14.4 Å². The molecular weight excluding hydrogens is 472 g/mol. The highest BCUT2D eigenvalue weighted by molar-refractivity contribution is 6.31. The van der Waals surface area contributed by atoms with Crippen molar-refractivity contribution in [2.24, 2.45) is 11.8 Å². The van der Waals surface area contributed by atoms with Gasteiger partial charge in [-0.25, -0.2) is 0 Å². The van der Waals surface area contributed by atoms with Gasteiger partial charge in [0.05, 0.1) is 11.8 Å². The second kappa shape index (κ2) is 8.90. The van der Waals surface area contributed by atoms with Gasteiger partial charge in [-0.1, -0.05) is 86.0 Å². The predicted molar refractivity (Wildman–Crippen MR) is 139 cm³/mol. The number of imide groups is 1. The molecule has 3 atom stereocenters. The standard InChI is InChI=1S/C30H27ClN2O3/c1-2-3-15-23(28(34)32-18-10-8-9-17(31)16-18)33-29(35)26-24-19-11-4-5-12-20(19)25(27(26)30(33)36)22-14-7-6-13-21(22)24/h4-14,16,23-27H,2-3,15H2,1H3,(H,32,34)/t23-,24?,25?,26-,27+/m1/s1. The minimum absolute atomic E-state index is 0.184. The Morgan fingerprint density at radius 1 is 0.861 bits per heavy atom. The van der Waals surface area contributed by atoms with Crippen LogP contribution in [0.15, 0.2) is 72.8 Å². The first kappa shape index (κ1) is 23.0. The van der Waals surface area contributed by atoms with Gasteiger partial charge in [-0.2, -0.15) is 0 Å². The largest absolute Gasteiger partial charge is 0.324 e. The second-order valence-electron chi connectivity index (χ2n) is 9.97. The number of unbranched alkanes of at least 4 members (excludes halogenated alkanes) is 1. The van der Waals surface area contributed by atoms with E-state index in [1.807, 2.05) is 31.2 Å². The molecule has 3 aromatic carbocycles. The number of benzene rings is 3. The molecule has 182 valence electrons. The molecule has 2 bridgehead atoms. The monoisotopic (exact) mass is 498 g/mol. The fourth-order valence-corrected chi connectivity index (χ4v) is 6.76. The van der Waals surface area contributed by atoms with E-state index in [0.717, 1.165) is 35.1 Å². The molecule has 7 rings (SSSR count). The summed E-state index contributed by atoms with van der Waals surface area (Å²) in [5, 5.41) is 3.40. The number of likely N-dealkylation sites (tertiary alicyclic amines) is 1. The lowest BCUT2D eigenvalue weighted by molar-refractivity contribution is -0.147. The smallest absolute Gasteiger partial charge is 0.247 e. The molecule has 1 aliphatic heterocycles. The lowest BCUT2D eigenvalue weighted by Crippen LogP contribution is -2.48. The molecule has 36 heavy (non-hydrogen) atoms. The summed E-state index contributed by atoms with van der Waals surface area (Å²) in [5.41, 5.74) is 5.04. The third kappa shape index (κ3) is 3.40. The topological polar surface area (TPSA) is 66.5 Å². The van der Waals surface area contributed by atoms with Crippen LogP contribution in [0.25, 0.3) is 0 Å². The zero-order valence-electron chi connectivity index (χ0n) is 20.0. The number of carbonyl (C=O) groups is 3. The number of hydrogen-bond acceptors (Lipinski definition) is 3. The van der Waals surface area contributed by atoms with E-state index in [4.69, 9.17) is 11.6 Å². The summed E-state index contributed by atoms with van der Waals surface area (Å²) in [6, 6.07) is 22.4. The van der Waals surface area contributed by atoms with E-state index in [0.29, 0.717) is 17.1 Å². The summed E-state index contributed by atoms with van der Waals surface area (Å²) >= 11 is 6.11. The third-order valence-electron chi connectivity index (χ3n) is 8.02. The number of anilines is 1. The van der Waals surface area contributed by atoms with Crippen LogP contribution in [0.5, 0.6) is 0 Å². The summed E-state index contributed by atoms with van der Waals surface area (Å²) in [6.45, 7) is 2.03. The first-order chi connectivity index (χ1) is 17.5. The Labute approximate surface area is 215 Å². The molecule has 0 aromatic heterocycles. The average Bonchev–Trinajstić information content (AvgIpc) is 3.15. The van der Waals surface area contributed by atoms with Crippen molar-refractivity contribution >= 4 is 35.0 Å². The highest BCUT2D eigenvalue weighted by Crippen LogP contribution is 2.61. The van der Waals surface area contributed by atoms with Gasteiger partial charge in [-0.3, -0.25) is 19.3 Å². The van der Waals surface area contributed by atoms with Crippen LogP contribution in [0.1, 0.15) is 60.3 Å². The van der Waals surface area contributed by atoms with E-state index >= 15 is 0 Å². The Kier molecular flexibility index (Phi) is 5.68. The number of amides is 3. The molecule has 5 nitrogen and oxygen atoms in total. The van der Waals surface area contributed by atoms with E-state index in [-0.39, 0.29) is 29.6 Å². The molecule has 3 aromatic rings. The van der Waals surface area contributed by atoms with Crippen LogP contribution >= 0.6 is 11.6 Å². The molecule has 1 N–H and O–H groups in total. The summed E-state index contributed by atoms with van der Waals surface area (Å²) in [5.74, 6) is -2.16. The molecule has 1 saturated heterocycles. The van der Waals surface area contributed by atoms with Crippen LogP contribution in [0.3, 0.4) is 0 Å². The molecule has 0 spiro atoms. The van der Waals surface area contributed by atoms with Gasteiger partial charge in [0.25, 0.3) is 0 Å². The van der Waals surface area contributed by atoms with Crippen LogP contribution in [0.4, 0.5) is 5.69 Å². The Balaban J connectivity index is 1.40. The number of carbonyl (C=O) groups excluding carboxylic acids is 3. The number of hydrogen-bond donors (Lipinski definition) is 1. The van der Waals surface area contributed by atoms with Crippen molar-refractivity contribution in [3.8, 4) is 0 Å². The van der Waals surface area contributed by atoms with Crippen molar-refractivity contribution in [1.82, 2.24) is 4.90 Å². The molecule has 3 amide bonds. The van der Waals surface area contributed by atoms with Gasteiger partial charge in [0.2, 0.25) is 17.7 Å². The van der Waals surface area contributed by atoms with Gasteiger partial charge in [0, 0.05) is 22.5 Å². The van der Waals surface area contributed by atoms with Crippen molar-refractivity contribution in [2.75, 3.05) is 5.32 Å². The fourth-order valence-electron chi connectivity index (χ4n) is 6.57. The van der Waals surface area contributed by atoms with Crippen LogP contribution in [0.2, 0.25) is 5.02 Å². The number of nitrogens with one attached hydrogen (secondary N) is 1. The summed E-state index contributed by atoms with van der Waals surface area (Å²) < 4.78 is 0. The van der Waals surface area contributed by atoms with Crippen LogP contribution in [-0.2, 0) is 14.4 Å². The first-order valence-corrected chi connectivity index (χ1v) is 13.0. The van der Waals surface area contributed by atoms with Crippen LogP contribution in [0, 0.1) is 11.8 Å². The van der Waals surface area contributed by atoms with Crippen LogP contribution < -0.4 is 5.32 Å². The number of halogens is 1. The second-order valence-corrected chi connectivity index (χ2v) is 10.4. The summed E-state index contributed by atoms with van der Waals surface area (Å²) in [6.07, 6.45) is 2.01. The van der Waals surface area contributed by atoms with Crippen molar-refractivity contribution < 1.29 is 14.4 Å². The van der Waals surface area contributed by atoms with Crippen molar-refractivity contribution in [2.45, 2.75) is 44.1 Å². The van der Waals surface area contributed by atoms with Crippen molar-refractivity contribution in [3.05, 3.63) is 100 Å². The van der Waals surface area contributed by atoms with Gasteiger partial charge >= 0.3 is 0 Å². The average molecular weight is 499 g/mol. The van der Waals surface area contributed by atoms with E-state index in [2.05, 4.69) is 29.6 Å². The quantitative estimate of drug-likeness (QED) is 0.441. The molecule has 0 unspecified atom stereocenters. The molecule has 1 heterocycles. The summed E-state index contributed by atoms with van der Waals surface area (Å²) in [4.78, 5) is 43.0. The molecule has 0 saturated carbocycles. The fraction of sp³-hybridized carbons (Fsp3) is 0.300. The molecule has 0 radical (unpaired) electrons. The third-order valence-corrected chi connectivity index (χ3v) is 8.26. The maximum Gasteiger partial charge on any atom is 0.247 e. The van der Waals surface area contributed by atoms with E-state index < -0.39 is 17.9 Å². The maximum absolute atomic E-state index is 14.1. The van der Waals surface area contributed by atoms with Crippen LogP contribution in [-0.4, -0.2) is 28.7 Å². The van der Waals surface area contributed by atoms with Gasteiger partial charge in [0.1, 0.15) is 6.04 Å². The Morgan fingerprint density at radius 3 is 1.86 bits per heavy atom. The van der Waals surface area contributed by atoms with Gasteiger partial charge in [-0.05, 0) is 46.9 Å². The van der Waals surface area contributed by atoms with E-state index in [1.54, 1.807) is 24.3 Å². The summed E-state index contributed by atoms with van der Waals surface area (Å²) in [7, 11) is 0. The zero-order chi connectivity index (χ0) is 25.0. The Morgan fingerprint density at radius 2 is 1.39 bits per heavy atom. The number of nitrogens with zero attached hydrogens (tertiary/aromatic N) is 1. The van der Waals surface area contributed by atoms with Crippen molar-refractivity contribution in [1.29, 1.82) is 0 Å². The Hall–Kier alpha value is -3.44. The highest BCUT2D eigenvalue weighted by Gasteiger charge is 2.62. The lowest BCUT2D eigenvalue weighted by atomic mass is 9.55. The number of rotatable bonds is 6. The predicted octanol–water partition coefficient (Wildman–Crippen LogP) is 5.73. The molecule has 1 fully saturated rings. The molecular formula is C30H27ClN2O3. The zero-order valence-corrected chi connectivity index (χ0v) is 20.7. The van der Waals surface area contributed by atoms with Gasteiger partial charge in [-0.15, -0.1) is 0 Å². The SMILES string of the molecule is CCCC[C@H](C(=O)Nc1cccc(Cl)c1)N1C(=O)[C@@H]2C3c4ccccc4C(c4ccccc43)[C@@H]2C1=O. The van der Waals surface area contributed by atoms with Gasteiger partial charge < -0.3 is 5.32 Å².